The first kappa shape index (κ1) is 15.8. The molecule has 26 heavy (non-hydrogen) atoms. The molecule has 3 aliphatic rings. The maximum absolute atomic E-state index is 12.7. The number of rotatable bonds is 4. The molecule has 5 nitrogen and oxygen atoms in total. The highest BCUT2D eigenvalue weighted by molar-refractivity contribution is 5.94. The minimum Gasteiger partial charge on any atom is -0.439 e. The number of nitrogens with one attached hydrogen (secondary N) is 1. The lowest BCUT2D eigenvalue weighted by molar-refractivity contribution is -0.172. The van der Waals surface area contributed by atoms with E-state index in [1.165, 1.54) is 19.3 Å². The Morgan fingerprint density at radius 3 is 2.73 bits per heavy atom. The smallest absolute Gasteiger partial charge is 0.253 e. The summed E-state index contributed by atoms with van der Waals surface area (Å²) in [4.78, 5) is 17.0. The van der Waals surface area contributed by atoms with Gasteiger partial charge in [0, 0.05) is 36.2 Å². The highest BCUT2D eigenvalue weighted by Gasteiger charge is 2.66. The Bertz CT molecular complexity index is 802. The van der Waals surface area contributed by atoms with Crippen molar-refractivity contribution in [2.24, 2.45) is 11.3 Å². The predicted molar refractivity (Wildman–Crippen MR) is 96.1 cm³/mol. The van der Waals surface area contributed by atoms with Crippen molar-refractivity contribution in [3.63, 3.8) is 0 Å². The van der Waals surface area contributed by atoms with Gasteiger partial charge >= 0.3 is 0 Å². The van der Waals surface area contributed by atoms with Crippen molar-refractivity contribution < 1.29 is 14.3 Å². The largest absolute Gasteiger partial charge is 0.439 e. The number of amides is 1. The van der Waals surface area contributed by atoms with E-state index in [1.807, 2.05) is 30.3 Å². The van der Waals surface area contributed by atoms with Crippen LogP contribution in [-0.2, 0) is 4.74 Å². The Hall–Kier alpha value is -2.40. The van der Waals surface area contributed by atoms with E-state index in [4.69, 9.17) is 9.47 Å². The Kier molecular flexibility index (Phi) is 3.71. The fraction of sp³-hybridized carbons (Fsp3) is 0.429. The monoisotopic (exact) mass is 350 g/mol. The number of aromatic nitrogens is 1. The molecule has 1 amide bonds. The molecule has 2 aliphatic carbocycles. The number of hydrogen-bond donors (Lipinski definition) is 1. The van der Waals surface area contributed by atoms with Crippen molar-refractivity contribution in [1.29, 1.82) is 0 Å². The third-order valence-electron chi connectivity index (χ3n) is 6.29. The van der Waals surface area contributed by atoms with E-state index in [1.54, 1.807) is 18.3 Å². The van der Waals surface area contributed by atoms with Crippen molar-refractivity contribution in [2.75, 3.05) is 6.61 Å². The van der Waals surface area contributed by atoms with Crippen LogP contribution >= 0.6 is 0 Å². The normalized spacial score (nSPS) is 27.9. The number of nitrogens with zero attached hydrogens (tertiary/aromatic N) is 1. The number of carbonyl (C=O) groups excluding carboxylic acids is 1. The summed E-state index contributed by atoms with van der Waals surface area (Å²) in [5.74, 6) is 1.64. The minimum absolute atomic E-state index is 0.0506. The highest BCUT2D eigenvalue weighted by atomic mass is 16.5. The van der Waals surface area contributed by atoms with Crippen molar-refractivity contribution >= 4 is 5.91 Å². The average Bonchev–Trinajstić information content (AvgIpc) is 3.05. The van der Waals surface area contributed by atoms with Gasteiger partial charge in [0.15, 0.2) is 0 Å². The van der Waals surface area contributed by atoms with Crippen LogP contribution in [-0.4, -0.2) is 29.6 Å². The van der Waals surface area contributed by atoms with E-state index < -0.39 is 0 Å². The van der Waals surface area contributed by atoms with Gasteiger partial charge in [0.2, 0.25) is 5.88 Å². The summed E-state index contributed by atoms with van der Waals surface area (Å²) in [5, 5.41) is 3.27. The molecule has 3 unspecified atom stereocenters. The van der Waals surface area contributed by atoms with Crippen LogP contribution in [0.3, 0.4) is 0 Å². The number of ether oxygens (including phenoxy) is 2. The van der Waals surface area contributed by atoms with E-state index in [9.17, 15) is 4.79 Å². The third-order valence-corrected chi connectivity index (χ3v) is 6.29. The summed E-state index contributed by atoms with van der Waals surface area (Å²) in [5.41, 5.74) is 0.767. The Labute approximate surface area is 152 Å². The number of para-hydroxylation sites is 1. The predicted octanol–water partition coefficient (Wildman–Crippen LogP) is 3.56. The van der Waals surface area contributed by atoms with Gasteiger partial charge in [-0.3, -0.25) is 4.79 Å². The lowest BCUT2D eigenvalue weighted by atomic mass is 9.46. The number of hydrogen-bond acceptors (Lipinski definition) is 4. The van der Waals surface area contributed by atoms with E-state index >= 15 is 0 Å². The van der Waals surface area contributed by atoms with Gasteiger partial charge in [-0.1, -0.05) is 24.6 Å². The summed E-state index contributed by atoms with van der Waals surface area (Å²) < 4.78 is 11.6. The maximum atomic E-state index is 12.7. The van der Waals surface area contributed by atoms with Crippen molar-refractivity contribution in [3.05, 3.63) is 54.2 Å². The molecule has 134 valence electrons. The molecule has 2 heterocycles. The zero-order chi connectivity index (χ0) is 17.6. The van der Waals surface area contributed by atoms with E-state index in [0.29, 0.717) is 23.5 Å². The van der Waals surface area contributed by atoms with Crippen LogP contribution in [0.5, 0.6) is 11.6 Å². The summed E-state index contributed by atoms with van der Waals surface area (Å²) in [6.07, 6.45) is 6.58. The molecule has 3 fully saturated rings. The molecule has 1 aromatic heterocycles. The van der Waals surface area contributed by atoms with Gasteiger partial charge in [-0.2, -0.15) is 0 Å². The molecule has 1 N–H and O–H groups in total. The second kappa shape index (κ2) is 6.09. The number of pyridine rings is 1. The van der Waals surface area contributed by atoms with E-state index in [2.05, 4.69) is 10.3 Å². The average molecular weight is 350 g/mol. The minimum atomic E-state index is -0.0506. The molecule has 0 bridgehead atoms. The fourth-order valence-corrected chi connectivity index (χ4v) is 4.86. The second-order valence-electron chi connectivity index (χ2n) is 7.58. The van der Waals surface area contributed by atoms with Crippen molar-refractivity contribution in [3.8, 4) is 11.6 Å². The van der Waals surface area contributed by atoms with Gasteiger partial charge < -0.3 is 14.8 Å². The topological polar surface area (TPSA) is 60.5 Å². The van der Waals surface area contributed by atoms with E-state index in [0.717, 1.165) is 18.8 Å². The lowest BCUT2D eigenvalue weighted by Gasteiger charge is -2.63. The van der Waals surface area contributed by atoms with Crippen LogP contribution in [0.4, 0.5) is 0 Å². The van der Waals surface area contributed by atoms with Crippen LogP contribution in [0.2, 0.25) is 0 Å². The number of carbonyl (C=O) groups is 1. The molecule has 1 spiro atoms. The van der Waals surface area contributed by atoms with Crippen LogP contribution in [0.15, 0.2) is 48.7 Å². The first-order valence-electron chi connectivity index (χ1n) is 9.38. The molecule has 1 aliphatic heterocycles. The molecule has 2 aromatic rings. The van der Waals surface area contributed by atoms with Crippen LogP contribution in [0, 0.1) is 11.3 Å². The van der Waals surface area contributed by atoms with Gasteiger partial charge in [0.05, 0.1) is 11.7 Å². The molecule has 5 rings (SSSR count). The highest BCUT2D eigenvalue weighted by Crippen LogP contribution is 2.62. The van der Waals surface area contributed by atoms with E-state index in [-0.39, 0.29) is 17.4 Å². The van der Waals surface area contributed by atoms with Gasteiger partial charge in [-0.05, 0) is 37.5 Å². The molecule has 1 aromatic carbocycles. The molecular weight excluding hydrogens is 328 g/mol. The maximum Gasteiger partial charge on any atom is 0.253 e. The number of fused-ring (bicyclic) bond motifs is 2. The van der Waals surface area contributed by atoms with Gasteiger partial charge in [-0.25, -0.2) is 4.98 Å². The van der Waals surface area contributed by atoms with Crippen LogP contribution < -0.4 is 10.1 Å². The first-order chi connectivity index (χ1) is 12.8. The molecule has 5 heteroatoms. The zero-order valence-electron chi connectivity index (χ0n) is 14.6. The third kappa shape index (κ3) is 2.42. The summed E-state index contributed by atoms with van der Waals surface area (Å²) in [7, 11) is 0. The summed E-state index contributed by atoms with van der Waals surface area (Å²) in [6, 6.07) is 13.3. The Morgan fingerprint density at radius 1 is 1.19 bits per heavy atom. The second-order valence-corrected chi connectivity index (χ2v) is 7.58. The van der Waals surface area contributed by atoms with Crippen LogP contribution in [0.25, 0.3) is 0 Å². The fourth-order valence-electron chi connectivity index (χ4n) is 4.86. The van der Waals surface area contributed by atoms with Crippen LogP contribution in [0.1, 0.15) is 36.0 Å². The lowest BCUT2D eigenvalue weighted by Crippen LogP contribution is -2.71. The van der Waals surface area contributed by atoms with Crippen molar-refractivity contribution in [1.82, 2.24) is 10.3 Å². The summed E-state index contributed by atoms with van der Waals surface area (Å²) in [6.45, 7) is 0.830. The molecular formula is C21H22N2O3. The molecule has 0 radical (unpaired) electrons. The molecule has 3 atom stereocenters. The van der Waals surface area contributed by atoms with Crippen molar-refractivity contribution in [2.45, 2.75) is 37.8 Å². The first-order valence-corrected chi connectivity index (χ1v) is 9.38. The standard InChI is InChI=1S/C21H22N2O3/c24-20(23-18-16-9-12-25-19(16)21(18)10-4-11-21)14-7-8-17(22-13-14)26-15-5-2-1-3-6-15/h1-3,5-8,13,16,18-19H,4,9-12H2,(H,23,24). The van der Waals surface area contributed by atoms with Gasteiger partial charge in [0.1, 0.15) is 5.75 Å². The zero-order valence-corrected chi connectivity index (χ0v) is 14.6. The SMILES string of the molecule is O=C(NC1C2CCOC2C12CCC2)c1ccc(Oc2ccccc2)nc1. The number of benzene rings is 1. The van der Waals surface area contributed by atoms with Gasteiger partial charge in [0.25, 0.3) is 5.91 Å². The quantitative estimate of drug-likeness (QED) is 0.916. The summed E-state index contributed by atoms with van der Waals surface area (Å²) >= 11 is 0. The molecule has 2 saturated carbocycles. The van der Waals surface area contributed by atoms with Gasteiger partial charge in [-0.15, -0.1) is 0 Å². The Morgan fingerprint density at radius 2 is 2.04 bits per heavy atom. The Balaban J connectivity index is 1.26. The molecule has 1 saturated heterocycles.